The van der Waals surface area contributed by atoms with Gasteiger partial charge in [-0.1, -0.05) is 31.2 Å². The van der Waals surface area contributed by atoms with Crippen molar-refractivity contribution in [3.8, 4) is 11.1 Å². The van der Waals surface area contributed by atoms with E-state index in [1.807, 2.05) is 30.3 Å². The van der Waals surface area contributed by atoms with E-state index in [2.05, 4.69) is 30.2 Å². The molecule has 0 bridgehead atoms. The third-order valence-corrected chi connectivity index (χ3v) is 13.7. The monoisotopic (exact) mass is 885 g/mol. The van der Waals surface area contributed by atoms with Gasteiger partial charge in [0, 0.05) is 105 Å². The fourth-order valence-electron chi connectivity index (χ4n) is 8.37. The Morgan fingerprint density at radius 1 is 1.00 bits per heavy atom. The number of carbonyl (C=O) groups excluding carboxylic acids is 3. The molecule has 0 saturated carbocycles. The number of carbonyl (C=O) groups is 3. The number of amides is 3. The second-order valence-electron chi connectivity index (χ2n) is 16.3. The molecule has 0 aliphatic carbocycles. The highest BCUT2D eigenvalue weighted by Gasteiger charge is 2.40. The minimum atomic E-state index is -4.00. The Balaban J connectivity index is 0.859. The largest absolute Gasteiger partial charge is 0.387 e. The van der Waals surface area contributed by atoms with Gasteiger partial charge in [0.15, 0.2) is 5.82 Å². The molecule has 3 atom stereocenters. The van der Waals surface area contributed by atoms with Crippen LogP contribution in [-0.2, 0) is 24.6 Å². The molecule has 0 spiro atoms. The lowest BCUT2D eigenvalue weighted by molar-refractivity contribution is -0.136. The van der Waals surface area contributed by atoms with Gasteiger partial charge in [-0.25, -0.2) is 13.8 Å². The number of aliphatic hydroxyl groups is 2. The standard InChI is InChI=1S/C44H49F2N9O7S/c1-3-52(2)63(61,62)51-35-6-4-5-31(40(35)46)41(58)33-25-48-42-32(33)21-28(24-47-42)27-7-10-30(11-8-27)53-17-19-54(20-18-53)39(57)23-44(60)15-16-55(26-44)37-13-9-29(22-34(37)45)49-36-12-14-38(56)50-43(36)59/h4-11,13,21-22,24-25,36,41,49,51,58,60H,3,12,14-20,23,26H2,1-2H3,(H,47,48)(H,50,56,59). The van der Waals surface area contributed by atoms with Gasteiger partial charge in [0.25, 0.3) is 0 Å². The number of halogens is 2. The minimum Gasteiger partial charge on any atom is -0.387 e. The maximum Gasteiger partial charge on any atom is 0.301 e. The van der Waals surface area contributed by atoms with Crippen LogP contribution in [0.25, 0.3) is 22.2 Å². The average Bonchev–Trinajstić information content (AvgIpc) is 3.88. The number of aliphatic hydroxyl groups excluding tert-OH is 1. The molecule has 19 heteroatoms. The zero-order valence-electron chi connectivity index (χ0n) is 34.8. The van der Waals surface area contributed by atoms with E-state index in [0.29, 0.717) is 67.8 Å². The van der Waals surface area contributed by atoms with Crippen molar-refractivity contribution in [3.63, 3.8) is 0 Å². The van der Waals surface area contributed by atoms with Gasteiger partial charge in [-0.15, -0.1) is 0 Å². The molecule has 3 saturated heterocycles. The van der Waals surface area contributed by atoms with Crippen molar-refractivity contribution in [2.45, 2.75) is 50.4 Å². The first-order valence-corrected chi connectivity index (χ1v) is 22.2. The van der Waals surface area contributed by atoms with Crippen molar-refractivity contribution < 1.29 is 41.8 Å². The third-order valence-electron chi connectivity index (χ3n) is 12.2. The molecule has 3 unspecified atom stereocenters. The van der Waals surface area contributed by atoms with Crippen LogP contribution in [0.3, 0.4) is 0 Å². The van der Waals surface area contributed by atoms with Gasteiger partial charge in [0.05, 0.1) is 23.4 Å². The van der Waals surface area contributed by atoms with Crippen LogP contribution in [-0.4, -0.2) is 120 Å². The van der Waals surface area contributed by atoms with Crippen LogP contribution < -0.4 is 25.2 Å². The number of pyridine rings is 1. The number of nitrogens with one attached hydrogen (secondary N) is 4. The molecule has 8 rings (SSSR count). The maximum atomic E-state index is 15.7. The van der Waals surface area contributed by atoms with Gasteiger partial charge < -0.3 is 35.2 Å². The first kappa shape index (κ1) is 43.5. The molecule has 3 aliphatic rings. The molecular weight excluding hydrogens is 837 g/mol. The topological polar surface area (TPSA) is 204 Å². The SMILES string of the molecule is CCN(C)S(=O)(=O)Nc1cccc(C(O)c2c[nH]c3ncc(-c4ccc(N5CCN(C(=O)CC6(O)CCN(c7ccc(NC8CCC(=O)NC8=O)cc7F)C6)CC5)cc4)cc23)c1F. The first-order chi connectivity index (χ1) is 30.1. The predicted octanol–water partition coefficient (Wildman–Crippen LogP) is 4.10. The van der Waals surface area contributed by atoms with Gasteiger partial charge in [-0.05, 0) is 60.9 Å². The summed E-state index contributed by atoms with van der Waals surface area (Å²) < 4.78 is 59.4. The zero-order valence-corrected chi connectivity index (χ0v) is 35.6. The number of imide groups is 1. The Bertz CT molecular complexity index is 2660. The van der Waals surface area contributed by atoms with Crippen LogP contribution in [0.5, 0.6) is 0 Å². The Morgan fingerprint density at radius 3 is 2.48 bits per heavy atom. The molecule has 332 valence electrons. The summed E-state index contributed by atoms with van der Waals surface area (Å²) in [6.45, 7) is 4.36. The predicted molar refractivity (Wildman–Crippen MR) is 234 cm³/mol. The Kier molecular flexibility index (Phi) is 12.1. The summed E-state index contributed by atoms with van der Waals surface area (Å²) in [5.41, 5.74) is 2.39. The van der Waals surface area contributed by atoms with E-state index in [0.717, 1.165) is 21.1 Å². The quantitative estimate of drug-likeness (QED) is 0.0930. The van der Waals surface area contributed by atoms with Crippen molar-refractivity contribution >= 4 is 61.7 Å². The van der Waals surface area contributed by atoms with Crippen molar-refractivity contribution in [1.29, 1.82) is 0 Å². The summed E-state index contributed by atoms with van der Waals surface area (Å²) in [5.74, 6) is -2.38. The molecule has 2 aromatic heterocycles. The lowest BCUT2D eigenvalue weighted by Crippen LogP contribution is -2.50. The smallest absolute Gasteiger partial charge is 0.301 e. The minimum absolute atomic E-state index is 0.0894. The summed E-state index contributed by atoms with van der Waals surface area (Å²) in [4.78, 5) is 50.2. The summed E-state index contributed by atoms with van der Waals surface area (Å²) in [6, 6.07) is 17.8. The van der Waals surface area contributed by atoms with Crippen LogP contribution in [0.2, 0.25) is 0 Å². The normalized spacial score (nSPS) is 20.0. The number of benzene rings is 3. The molecule has 63 heavy (non-hydrogen) atoms. The molecular formula is C44H49F2N9O7S. The molecule has 5 aromatic rings. The van der Waals surface area contributed by atoms with Gasteiger partial charge in [-0.2, -0.15) is 12.7 Å². The average molecular weight is 886 g/mol. The summed E-state index contributed by atoms with van der Waals surface area (Å²) >= 11 is 0. The van der Waals surface area contributed by atoms with E-state index in [1.165, 1.54) is 31.3 Å². The number of hydrogen-bond donors (Lipinski definition) is 6. The van der Waals surface area contributed by atoms with Crippen molar-refractivity contribution in [2.75, 3.05) is 72.7 Å². The maximum absolute atomic E-state index is 15.7. The molecule has 3 amide bonds. The van der Waals surface area contributed by atoms with Gasteiger partial charge in [-0.3, -0.25) is 24.4 Å². The number of nitrogens with zero attached hydrogens (tertiary/aromatic N) is 5. The van der Waals surface area contributed by atoms with Crippen LogP contribution in [0, 0.1) is 11.6 Å². The van der Waals surface area contributed by atoms with Crippen molar-refractivity contribution in [2.24, 2.45) is 0 Å². The number of anilines is 4. The van der Waals surface area contributed by atoms with Gasteiger partial charge in [0.2, 0.25) is 17.7 Å². The number of rotatable bonds is 13. The number of fused-ring (bicyclic) bond motifs is 1. The fourth-order valence-corrected chi connectivity index (χ4v) is 9.30. The zero-order chi connectivity index (χ0) is 44.6. The number of H-pyrrole nitrogens is 1. The number of piperazine rings is 1. The Hall–Kier alpha value is -6.15. The highest BCUT2D eigenvalue weighted by atomic mass is 32.2. The van der Waals surface area contributed by atoms with E-state index in [1.54, 1.807) is 41.2 Å². The van der Waals surface area contributed by atoms with Crippen LogP contribution in [0.4, 0.5) is 31.5 Å². The third kappa shape index (κ3) is 9.18. The van der Waals surface area contributed by atoms with E-state index >= 15 is 8.78 Å². The first-order valence-electron chi connectivity index (χ1n) is 20.8. The number of aromatic nitrogens is 2. The van der Waals surface area contributed by atoms with Crippen molar-refractivity contribution in [1.82, 2.24) is 24.5 Å². The Labute approximate surface area is 363 Å². The number of piperidine rings is 1. The molecule has 5 heterocycles. The van der Waals surface area contributed by atoms with Crippen LogP contribution >= 0.6 is 0 Å². The molecule has 3 aliphatic heterocycles. The van der Waals surface area contributed by atoms with Gasteiger partial charge in [0.1, 0.15) is 23.6 Å². The second-order valence-corrected chi connectivity index (χ2v) is 18.1. The molecule has 6 N–H and O–H groups in total. The van der Waals surface area contributed by atoms with E-state index < -0.39 is 45.5 Å². The molecule has 0 radical (unpaired) electrons. The Morgan fingerprint density at radius 2 is 1.76 bits per heavy atom. The van der Waals surface area contributed by atoms with Crippen molar-refractivity contribution in [3.05, 3.63) is 102 Å². The molecule has 16 nitrogen and oxygen atoms in total. The second kappa shape index (κ2) is 17.5. The lowest BCUT2D eigenvalue weighted by Gasteiger charge is -2.37. The van der Waals surface area contributed by atoms with Crippen LogP contribution in [0.15, 0.2) is 79.1 Å². The number of hydrogen-bond acceptors (Lipinski definition) is 11. The lowest BCUT2D eigenvalue weighted by atomic mass is 9.98. The van der Waals surface area contributed by atoms with Crippen LogP contribution in [0.1, 0.15) is 49.8 Å². The highest BCUT2D eigenvalue weighted by Crippen LogP contribution is 2.36. The fraction of sp³-hybridized carbons (Fsp3) is 0.364. The van der Waals surface area contributed by atoms with E-state index in [9.17, 15) is 33.0 Å². The number of aromatic amines is 1. The number of β-amino-alcohol motifs (C(OH)–C–C–N with tert-alkyl or cyclic N) is 1. The molecule has 3 aromatic carbocycles. The molecule has 3 fully saturated rings. The summed E-state index contributed by atoms with van der Waals surface area (Å²) in [7, 11) is -2.62. The summed E-state index contributed by atoms with van der Waals surface area (Å²) in [5, 5.41) is 28.6. The summed E-state index contributed by atoms with van der Waals surface area (Å²) in [6.07, 6.45) is 2.54. The highest BCUT2D eigenvalue weighted by molar-refractivity contribution is 7.90. The van der Waals surface area contributed by atoms with Gasteiger partial charge >= 0.3 is 10.2 Å². The van der Waals surface area contributed by atoms with E-state index in [4.69, 9.17) is 0 Å². The van der Waals surface area contributed by atoms with E-state index in [-0.39, 0.29) is 54.7 Å².